The van der Waals surface area contributed by atoms with Crippen LogP contribution in [0.4, 0.5) is 0 Å². The van der Waals surface area contributed by atoms with Crippen LogP contribution >= 0.6 is 0 Å². The lowest BCUT2D eigenvalue weighted by Crippen LogP contribution is -2.12. The van der Waals surface area contributed by atoms with Crippen molar-refractivity contribution in [1.29, 1.82) is 0 Å². The maximum Gasteiger partial charge on any atom is 0.0397 e. The van der Waals surface area contributed by atoms with Crippen LogP contribution in [0.2, 0.25) is 0 Å². The van der Waals surface area contributed by atoms with Gasteiger partial charge >= 0.3 is 0 Å². The Balaban J connectivity index is 1.90. The zero-order chi connectivity index (χ0) is 8.02. The van der Waals surface area contributed by atoms with E-state index in [-0.39, 0.29) is 0 Å². The molecule has 3 rings (SSSR count). The van der Waals surface area contributed by atoms with Crippen LogP contribution < -0.4 is 0 Å². The summed E-state index contributed by atoms with van der Waals surface area (Å²) in [4.78, 5) is 4.54. The Labute approximate surface area is 73.6 Å². The highest BCUT2D eigenvalue weighted by Gasteiger charge is 2.45. The molecule has 12 heavy (non-hydrogen) atoms. The summed E-state index contributed by atoms with van der Waals surface area (Å²) >= 11 is 0. The summed E-state index contributed by atoms with van der Waals surface area (Å²) in [5, 5.41) is 0. The molecule has 1 saturated carbocycles. The third-order valence-electron chi connectivity index (χ3n) is 3.69. The first-order valence-corrected chi connectivity index (χ1v) is 5.11. The highest BCUT2D eigenvalue weighted by Crippen LogP contribution is 2.58. The molecule has 0 atom stereocenters. The smallest absolute Gasteiger partial charge is 0.0397 e. The third kappa shape index (κ3) is 0.954. The minimum atomic E-state index is 0.744. The fourth-order valence-electron chi connectivity index (χ4n) is 2.55. The molecule has 0 aromatic heterocycles. The van der Waals surface area contributed by atoms with Gasteiger partial charge < -0.3 is 0 Å². The lowest BCUT2D eigenvalue weighted by atomic mass is 9.82. The molecule has 0 aromatic rings. The fraction of sp³-hybridized carbons (Fsp3) is 0.727. The van der Waals surface area contributed by atoms with Crippen molar-refractivity contribution in [2.75, 3.05) is 0 Å². The molecule has 0 bridgehead atoms. The van der Waals surface area contributed by atoms with E-state index >= 15 is 0 Å². The molecule has 1 nitrogen and oxygen atoms in total. The standard InChI is InChI=1S/C11H15N/c1-2-9-3-4-11(5-6-11)8-10(9)12-7-1/h7H,1-6,8H2. The first kappa shape index (κ1) is 6.88. The minimum absolute atomic E-state index is 0.744. The van der Waals surface area contributed by atoms with Crippen LogP contribution in [0.25, 0.3) is 0 Å². The predicted octanol–water partition coefficient (Wildman–Crippen LogP) is 3.07. The lowest BCUT2D eigenvalue weighted by molar-refractivity contribution is 0.424. The number of aliphatic imine (C=N–C) groups is 1. The first-order valence-electron chi connectivity index (χ1n) is 5.11. The molecule has 0 saturated heterocycles. The van der Waals surface area contributed by atoms with E-state index in [2.05, 4.69) is 11.2 Å². The third-order valence-corrected chi connectivity index (χ3v) is 3.69. The molecule has 0 unspecified atom stereocenters. The molecule has 2 aliphatic carbocycles. The van der Waals surface area contributed by atoms with Crippen molar-refractivity contribution in [1.82, 2.24) is 0 Å². The van der Waals surface area contributed by atoms with E-state index in [1.165, 1.54) is 50.6 Å². The zero-order valence-corrected chi connectivity index (χ0v) is 7.47. The minimum Gasteiger partial charge on any atom is -0.266 e. The van der Waals surface area contributed by atoms with Gasteiger partial charge in [0, 0.05) is 11.9 Å². The van der Waals surface area contributed by atoms with Gasteiger partial charge in [0.25, 0.3) is 0 Å². The number of allylic oxidation sites excluding steroid dienone is 2. The molecular formula is C11H15N. The van der Waals surface area contributed by atoms with E-state index in [9.17, 15) is 0 Å². The number of rotatable bonds is 0. The molecule has 0 N–H and O–H groups in total. The second-order valence-electron chi connectivity index (χ2n) is 4.58. The van der Waals surface area contributed by atoms with E-state index < -0.39 is 0 Å². The second-order valence-corrected chi connectivity index (χ2v) is 4.58. The SMILES string of the molecule is C1=NC2=C(CC1)CCC1(CC1)C2. The Bertz CT molecular complexity index is 269. The molecule has 64 valence electrons. The Morgan fingerprint density at radius 1 is 1.17 bits per heavy atom. The summed E-state index contributed by atoms with van der Waals surface area (Å²) in [7, 11) is 0. The highest BCUT2D eigenvalue weighted by atomic mass is 14.8. The zero-order valence-electron chi connectivity index (χ0n) is 7.47. The van der Waals surface area contributed by atoms with Crippen molar-refractivity contribution >= 4 is 6.21 Å². The van der Waals surface area contributed by atoms with Crippen LogP contribution in [0.5, 0.6) is 0 Å². The molecule has 0 amide bonds. The van der Waals surface area contributed by atoms with Gasteiger partial charge in [-0.25, -0.2) is 0 Å². The van der Waals surface area contributed by atoms with Gasteiger partial charge in [-0.2, -0.15) is 0 Å². The number of hydrogen-bond acceptors (Lipinski definition) is 1. The van der Waals surface area contributed by atoms with E-state index in [1.54, 1.807) is 5.57 Å². The lowest BCUT2D eigenvalue weighted by Gasteiger charge is -2.26. The van der Waals surface area contributed by atoms with Crippen LogP contribution in [-0.4, -0.2) is 6.21 Å². The first-order chi connectivity index (χ1) is 5.88. The highest BCUT2D eigenvalue weighted by molar-refractivity contribution is 5.62. The van der Waals surface area contributed by atoms with Gasteiger partial charge in [0.05, 0.1) is 0 Å². The Kier molecular flexibility index (Phi) is 1.27. The molecule has 0 radical (unpaired) electrons. The monoisotopic (exact) mass is 161 g/mol. The van der Waals surface area contributed by atoms with Crippen molar-refractivity contribution in [3.05, 3.63) is 11.3 Å². The van der Waals surface area contributed by atoms with Gasteiger partial charge in [0.2, 0.25) is 0 Å². The average Bonchev–Trinajstić information content (AvgIpc) is 2.85. The van der Waals surface area contributed by atoms with Gasteiger partial charge in [0.15, 0.2) is 0 Å². The van der Waals surface area contributed by atoms with Gasteiger partial charge in [-0.05, 0) is 55.9 Å². The van der Waals surface area contributed by atoms with Crippen LogP contribution in [0.3, 0.4) is 0 Å². The Morgan fingerprint density at radius 3 is 2.92 bits per heavy atom. The Morgan fingerprint density at radius 2 is 2.08 bits per heavy atom. The van der Waals surface area contributed by atoms with Crippen LogP contribution in [-0.2, 0) is 0 Å². The summed E-state index contributed by atoms with van der Waals surface area (Å²) in [6.45, 7) is 0. The number of hydrogen-bond donors (Lipinski definition) is 0. The van der Waals surface area contributed by atoms with Gasteiger partial charge in [-0.3, -0.25) is 4.99 Å². The van der Waals surface area contributed by atoms with Gasteiger partial charge in [-0.15, -0.1) is 0 Å². The van der Waals surface area contributed by atoms with Crippen LogP contribution in [0.15, 0.2) is 16.3 Å². The summed E-state index contributed by atoms with van der Waals surface area (Å²) in [5.41, 5.74) is 3.88. The maximum atomic E-state index is 4.54. The summed E-state index contributed by atoms with van der Waals surface area (Å²) in [5.74, 6) is 0. The van der Waals surface area contributed by atoms with E-state index in [1.807, 2.05) is 0 Å². The average molecular weight is 161 g/mol. The molecule has 1 aliphatic heterocycles. The number of nitrogens with zero attached hydrogens (tertiary/aromatic N) is 1. The fourth-order valence-corrected chi connectivity index (χ4v) is 2.55. The molecule has 0 aromatic carbocycles. The van der Waals surface area contributed by atoms with Crippen molar-refractivity contribution < 1.29 is 0 Å². The molecular weight excluding hydrogens is 146 g/mol. The molecule has 1 spiro atoms. The summed E-state index contributed by atoms with van der Waals surface area (Å²) < 4.78 is 0. The van der Waals surface area contributed by atoms with Crippen molar-refractivity contribution in [2.24, 2.45) is 10.4 Å². The van der Waals surface area contributed by atoms with Gasteiger partial charge in [-0.1, -0.05) is 0 Å². The molecule has 1 fully saturated rings. The summed E-state index contributed by atoms with van der Waals surface area (Å²) in [6, 6.07) is 0. The normalized spacial score (nSPS) is 30.7. The quantitative estimate of drug-likeness (QED) is 0.517. The largest absolute Gasteiger partial charge is 0.266 e. The van der Waals surface area contributed by atoms with Crippen LogP contribution in [0, 0.1) is 5.41 Å². The van der Waals surface area contributed by atoms with Crippen LogP contribution in [0.1, 0.15) is 44.9 Å². The molecule has 1 heterocycles. The Hall–Kier alpha value is -0.590. The van der Waals surface area contributed by atoms with Gasteiger partial charge in [0.1, 0.15) is 0 Å². The van der Waals surface area contributed by atoms with E-state index in [0.717, 1.165) is 5.41 Å². The summed E-state index contributed by atoms with van der Waals surface area (Å²) in [6.07, 6.45) is 11.7. The molecule has 3 aliphatic rings. The topological polar surface area (TPSA) is 12.4 Å². The van der Waals surface area contributed by atoms with Crippen molar-refractivity contribution in [3.8, 4) is 0 Å². The van der Waals surface area contributed by atoms with Crippen molar-refractivity contribution in [3.63, 3.8) is 0 Å². The molecule has 1 heteroatoms. The van der Waals surface area contributed by atoms with E-state index in [0.29, 0.717) is 0 Å². The van der Waals surface area contributed by atoms with Crippen molar-refractivity contribution in [2.45, 2.75) is 44.9 Å². The van der Waals surface area contributed by atoms with E-state index in [4.69, 9.17) is 0 Å². The maximum absolute atomic E-state index is 4.54. The predicted molar refractivity (Wildman–Crippen MR) is 50.3 cm³/mol. The second kappa shape index (κ2) is 2.21.